The molecule has 1 amide bonds. The van der Waals surface area contributed by atoms with Crippen LogP contribution in [-0.2, 0) is 14.4 Å². The van der Waals surface area contributed by atoms with Gasteiger partial charge in [0.1, 0.15) is 12.6 Å². The summed E-state index contributed by atoms with van der Waals surface area (Å²) in [6.07, 6.45) is 3.48. The van der Waals surface area contributed by atoms with Gasteiger partial charge in [0.25, 0.3) is 0 Å². The van der Waals surface area contributed by atoms with E-state index >= 15 is 0 Å². The van der Waals surface area contributed by atoms with E-state index in [1.54, 1.807) is 0 Å². The minimum atomic E-state index is -0.475. The van der Waals surface area contributed by atoms with Gasteiger partial charge >= 0.3 is 0 Å². The second-order valence-electron chi connectivity index (χ2n) is 2.91. The average Bonchev–Trinajstić information content (AvgIpc) is 2.11. The van der Waals surface area contributed by atoms with Crippen molar-refractivity contribution in [1.29, 1.82) is 0 Å². The number of rotatable bonds is 7. The molecule has 0 aliphatic carbocycles. The van der Waals surface area contributed by atoms with Crippen molar-refractivity contribution >= 4 is 18.5 Å². The van der Waals surface area contributed by atoms with E-state index in [-0.39, 0.29) is 5.91 Å². The Kier molecular flexibility index (Phi) is 6.78. The lowest BCUT2D eigenvalue weighted by Crippen LogP contribution is -2.20. The summed E-state index contributed by atoms with van der Waals surface area (Å²) in [5.41, 5.74) is 0. The molecule has 4 nitrogen and oxygen atoms in total. The van der Waals surface area contributed by atoms with Crippen molar-refractivity contribution in [3.63, 3.8) is 0 Å². The molecule has 0 radical (unpaired) electrons. The SMILES string of the molecule is CC(=O)NCCCCC(C=O)C=O. The number of amides is 1. The van der Waals surface area contributed by atoms with E-state index in [1.807, 2.05) is 0 Å². The molecule has 0 saturated carbocycles. The Morgan fingerprint density at radius 3 is 2.38 bits per heavy atom. The lowest BCUT2D eigenvalue weighted by Gasteiger charge is -2.02. The van der Waals surface area contributed by atoms with E-state index in [1.165, 1.54) is 6.92 Å². The predicted molar refractivity (Wildman–Crippen MR) is 48.2 cm³/mol. The smallest absolute Gasteiger partial charge is 0.216 e. The van der Waals surface area contributed by atoms with Crippen LogP contribution in [-0.4, -0.2) is 25.0 Å². The molecule has 0 aliphatic rings. The van der Waals surface area contributed by atoms with Crippen molar-refractivity contribution in [2.45, 2.75) is 26.2 Å². The maximum Gasteiger partial charge on any atom is 0.216 e. The van der Waals surface area contributed by atoms with E-state index in [4.69, 9.17) is 0 Å². The first-order valence-electron chi connectivity index (χ1n) is 4.35. The lowest BCUT2D eigenvalue weighted by molar-refractivity contribution is -0.120. The highest BCUT2D eigenvalue weighted by Crippen LogP contribution is 2.02. The molecule has 0 aromatic carbocycles. The fourth-order valence-corrected chi connectivity index (χ4v) is 0.938. The van der Waals surface area contributed by atoms with Crippen LogP contribution in [0.3, 0.4) is 0 Å². The molecule has 0 aromatic rings. The van der Waals surface area contributed by atoms with Gasteiger partial charge in [0.05, 0.1) is 5.92 Å². The van der Waals surface area contributed by atoms with Crippen molar-refractivity contribution in [1.82, 2.24) is 5.32 Å². The third-order valence-electron chi connectivity index (χ3n) is 1.69. The Balaban J connectivity index is 3.29. The van der Waals surface area contributed by atoms with Crippen LogP contribution < -0.4 is 5.32 Å². The summed E-state index contributed by atoms with van der Waals surface area (Å²) < 4.78 is 0. The summed E-state index contributed by atoms with van der Waals surface area (Å²) in [6.45, 7) is 2.07. The lowest BCUT2D eigenvalue weighted by atomic mass is 10.1. The quantitative estimate of drug-likeness (QED) is 0.352. The van der Waals surface area contributed by atoms with Gasteiger partial charge in [-0.3, -0.25) is 4.79 Å². The third kappa shape index (κ3) is 7.18. The first-order chi connectivity index (χ1) is 6.20. The summed E-state index contributed by atoms with van der Waals surface area (Å²) in [5.74, 6) is -0.528. The predicted octanol–water partition coefficient (Wildman–Crippen LogP) is 0.307. The molecule has 0 saturated heterocycles. The Morgan fingerprint density at radius 2 is 1.92 bits per heavy atom. The van der Waals surface area contributed by atoms with Gasteiger partial charge in [-0.2, -0.15) is 0 Å². The number of hydrogen-bond donors (Lipinski definition) is 1. The van der Waals surface area contributed by atoms with Gasteiger partial charge < -0.3 is 14.9 Å². The molecule has 1 N–H and O–H groups in total. The van der Waals surface area contributed by atoms with Crippen LogP contribution in [0.5, 0.6) is 0 Å². The van der Waals surface area contributed by atoms with Crippen LogP contribution in [0.15, 0.2) is 0 Å². The zero-order chi connectivity index (χ0) is 10.1. The van der Waals surface area contributed by atoms with E-state index in [0.29, 0.717) is 25.5 Å². The fraction of sp³-hybridized carbons (Fsp3) is 0.667. The molecule has 0 unspecified atom stereocenters. The van der Waals surface area contributed by atoms with Gasteiger partial charge in [-0.1, -0.05) is 6.42 Å². The number of unbranched alkanes of at least 4 members (excludes halogenated alkanes) is 1. The van der Waals surface area contributed by atoms with Crippen molar-refractivity contribution in [3.05, 3.63) is 0 Å². The molecule has 4 heteroatoms. The van der Waals surface area contributed by atoms with Crippen LogP contribution in [0.4, 0.5) is 0 Å². The first kappa shape index (κ1) is 11.8. The van der Waals surface area contributed by atoms with Crippen LogP contribution in [0.2, 0.25) is 0 Å². The standard InChI is InChI=1S/C9H15NO3/c1-8(13)10-5-3-2-4-9(6-11)7-12/h6-7,9H,2-5H2,1H3,(H,10,13). The Bertz CT molecular complexity index is 172. The van der Waals surface area contributed by atoms with Crippen molar-refractivity contribution in [3.8, 4) is 0 Å². The Hall–Kier alpha value is -1.19. The highest BCUT2D eigenvalue weighted by molar-refractivity contribution is 5.77. The summed E-state index contributed by atoms with van der Waals surface area (Å²) in [5, 5.41) is 2.64. The molecule has 0 spiro atoms. The maximum atomic E-state index is 10.4. The molecular weight excluding hydrogens is 170 g/mol. The summed E-state index contributed by atoms with van der Waals surface area (Å²) in [4.78, 5) is 30.8. The molecule has 0 heterocycles. The number of aldehydes is 2. The normalized spacial score (nSPS) is 9.69. The summed E-state index contributed by atoms with van der Waals surface area (Å²) in [7, 11) is 0. The molecule has 0 fully saturated rings. The minimum Gasteiger partial charge on any atom is -0.356 e. The first-order valence-corrected chi connectivity index (χ1v) is 4.35. The van der Waals surface area contributed by atoms with Gasteiger partial charge in [0.2, 0.25) is 5.91 Å². The molecule has 0 atom stereocenters. The van der Waals surface area contributed by atoms with E-state index < -0.39 is 5.92 Å². The zero-order valence-corrected chi connectivity index (χ0v) is 7.79. The van der Waals surface area contributed by atoms with Gasteiger partial charge in [-0.15, -0.1) is 0 Å². The minimum absolute atomic E-state index is 0.0534. The van der Waals surface area contributed by atoms with Crippen LogP contribution in [0.1, 0.15) is 26.2 Å². The molecule has 0 bridgehead atoms. The van der Waals surface area contributed by atoms with Crippen molar-refractivity contribution in [2.75, 3.05) is 6.54 Å². The topological polar surface area (TPSA) is 63.2 Å². The number of carbonyl (C=O) groups excluding carboxylic acids is 3. The maximum absolute atomic E-state index is 10.4. The van der Waals surface area contributed by atoms with Gasteiger partial charge in [-0.05, 0) is 12.8 Å². The van der Waals surface area contributed by atoms with E-state index in [9.17, 15) is 14.4 Å². The second kappa shape index (κ2) is 7.46. The zero-order valence-electron chi connectivity index (χ0n) is 7.79. The molecular formula is C9H15NO3. The fourth-order valence-electron chi connectivity index (χ4n) is 0.938. The molecule has 0 rings (SSSR count). The monoisotopic (exact) mass is 185 g/mol. The van der Waals surface area contributed by atoms with E-state index in [0.717, 1.165) is 12.8 Å². The second-order valence-corrected chi connectivity index (χ2v) is 2.91. The molecule has 0 aliphatic heterocycles. The van der Waals surface area contributed by atoms with Crippen molar-refractivity contribution in [2.24, 2.45) is 5.92 Å². The van der Waals surface area contributed by atoms with Gasteiger partial charge in [0, 0.05) is 13.5 Å². The average molecular weight is 185 g/mol. The Morgan fingerprint density at radius 1 is 1.31 bits per heavy atom. The van der Waals surface area contributed by atoms with Gasteiger partial charge in [0.15, 0.2) is 0 Å². The van der Waals surface area contributed by atoms with E-state index in [2.05, 4.69) is 5.32 Å². The third-order valence-corrected chi connectivity index (χ3v) is 1.69. The highest BCUT2D eigenvalue weighted by atomic mass is 16.1. The number of hydrogen-bond acceptors (Lipinski definition) is 3. The molecule has 0 aromatic heterocycles. The molecule has 13 heavy (non-hydrogen) atoms. The van der Waals surface area contributed by atoms with Crippen molar-refractivity contribution < 1.29 is 14.4 Å². The largest absolute Gasteiger partial charge is 0.356 e. The van der Waals surface area contributed by atoms with Crippen LogP contribution in [0.25, 0.3) is 0 Å². The summed E-state index contributed by atoms with van der Waals surface area (Å²) in [6, 6.07) is 0. The molecule has 74 valence electrons. The number of carbonyl (C=O) groups is 3. The van der Waals surface area contributed by atoms with Crippen LogP contribution in [0, 0.1) is 5.92 Å². The van der Waals surface area contributed by atoms with Crippen LogP contribution >= 0.6 is 0 Å². The van der Waals surface area contributed by atoms with Gasteiger partial charge in [-0.25, -0.2) is 0 Å². The number of nitrogens with one attached hydrogen (secondary N) is 1. The Labute approximate surface area is 77.7 Å². The highest BCUT2D eigenvalue weighted by Gasteiger charge is 2.03. The summed E-state index contributed by atoms with van der Waals surface area (Å²) >= 11 is 0.